The van der Waals surface area contributed by atoms with Crippen molar-refractivity contribution in [3.8, 4) is 0 Å². The minimum absolute atomic E-state index is 0.133. The topological polar surface area (TPSA) is 75.4 Å². The molecule has 1 saturated heterocycles. The second kappa shape index (κ2) is 5.95. The van der Waals surface area contributed by atoms with Gasteiger partial charge in [0.1, 0.15) is 0 Å². The summed E-state index contributed by atoms with van der Waals surface area (Å²) >= 11 is 0. The molecule has 3 rings (SSSR count). The largest absolute Gasteiger partial charge is 0.353 e. The third kappa shape index (κ3) is 3.39. The van der Waals surface area contributed by atoms with Crippen molar-refractivity contribution in [1.82, 2.24) is 10.2 Å². The lowest BCUT2D eigenvalue weighted by Gasteiger charge is -2.40. The normalized spacial score (nSPS) is 26.4. The van der Waals surface area contributed by atoms with Crippen LogP contribution in [0.4, 0.5) is 0 Å². The van der Waals surface area contributed by atoms with Crippen LogP contribution in [-0.2, 0) is 9.59 Å². The van der Waals surface area contributed by atoms with Crippen molar-refractivity contribution < 1.29 is 9.59 Å². The Morgan fingerprint density at radius 2 is 1.62 bits per heavy atom. The molecule has 21 heavy (non-hydrogen) atoms. The molecule has 1 aliphatic heterocycles. The molecule has 5 nitrogen and oxygen atoms in total. The summed E-state index contributed by atoms with van der Waals surface area (Å²) < 4.78 is 0. The van der Waals surface area contributed by atoms with Crippen LogP contribution in [0.25, 0.3) is 0 Å². The Kier molecular flexibility index (Phi) is 4.20. The maximum Gasteiger partial charge on any atom is 0.242 e. The molecule has 2 aliphatic carbocycles. The first-order chi connectivity index (χ1) is 10.1. The fraction of sp³-hybridized carbons (Fsp3) is 0.875. The molecule has 0 atom stereocenters. The third-order valence-electron chi connectivity index (χ3n) is 5.25. The number of hydrogen-bond acceptors (Lipinski definition) is 3. The summed E-state index contributed by atoms with van der Waals surface area (Å²) in [7, 11) is 0. The standard InChI is InChI=1S/C16H27N3O2/c17-16(8-2-1-3-9-16)15(21)19-10-6-13(7-11-19)18-14(20)12-4-5-12/h12-13H,1-11,17H2,(H,18,20). The number of nitrogens with one attached hydrogen (secondary N) is 1. The van der Waals surface area contributed by atoms with Gasteiger partial charge in [-0.25, -0.2) is 0 Å². The highest BCUT2D eigenvalue weighted by Gasteiger charge is 2.39. The Bertz CT molecular complexity index is 406. The summed E-state index contributed by atoms with van der Waals surface area (Å²) in [5, 5.41) is 3.12. The molecule has 0 aromatic carbocycles. The highest BCUT2D eigenvalue weighted by molar-refractivity contribution is 5.86. The highest BCUT2D eigenvalue weighted by Crippen LogP contribution is 2.30. The third-order valence-corrected chi connectivity index (χ3v) is 5.25. The number of likely N-dealkylation sites (tertiary alicyclic amines) is 1. The zero-order valence-electron chi connectivity index (χ0n) is 12.8. The Morgan fingerprint density at radius 1 is 1.00 bits per heavy atom. The minimum Gasteiger partial charge on any atom is -0.353 e. The van der Waals surface area contributed by atoms with E-state index in [9.17, 15) is 9.59 Å². The lowest BCUT2D eigenvalue weighted by molar-refractivity contribution is -0.139. The van der Waals surface area contributed by atoms with Crippen molar-refractivity contribution in [3.63, 3.8) is 0 Å². The van der Waals surface area contributed by atoms with Gasteiger partial charge in [0.05, 0.1) is 5.54 Å². The van der Waals surface area contributed by atoms with E-state index in [2.05, 4.69) is 5.32 Å². The zero-order chi connectivity index (χ0) is 14.9. The molecule has 0 aromatic heterocycles. The van der Waals surface area contributed by atoms with Crippen LogP contribution in [0.3, 0.4) is 0 Å². The summed E-state index contributed by atoms with van der Waals surface area (Å²) in [6, 6.07) is 0.238. The fourth-order valence-electron chi connectivity index (χ4n) is 3.60. The van der Waals surface area contributed by atoms with E-state index in [1.165, 1.54) is 6.42 Å². The molecule has 0 bridgehead atoms. The predicted octanol–water partition coefficient (Wildman–Crippen LogP) is 1.17. The summed E-state index contributed by atoms with van der Waals surface area (Å²) in [6.07, 6.45) is 8.78. The van der Waals surface area contributed by atoms with E-state index in [0.29, 0.717) is 0 Å². The molecular formula is C16H27N3O2. The molecule has 3 fully saturated rings. The molecule has 5 heteroatoms. The van der Waals surface area contributed by atoms with Crippen molar-refractivity contribution in [1.29, 1.82) is 0 Å². The van der Waals surface area contributed by atoms with E-state index in [-0.39, 0.29) is 23.8 Å². The number of amides is 2. The average Bonchev–Trinajstić information content (AvgIpc) is 3.33. The second-order valence-electron chi connectivity index (χ2n) is 7.07. The van der Waals surface area contributed by atoms with Crippen LogP contribution in [0.2, 0.25) is 0 Å². The van der Waals surface area contributed by atoms with Gasteiger partial charge in [0.2, 0.25) is 11.8 Å². The number of nitrogens with zero attached hydrogens (tertiary/aromatic N) is 1. The number of piperidine rings is 1. The summed E-state index contributed by atoms with van der Waals surface area (Å²) in [4.78, 5) is 26.3. The van der Waals surface area contributed by atoms with Crippen molar-refractivity contribution >= 4 is 11.8 Å². The quantitative estimate of drug-likeness (QED) is 0.820. The van der Waals surface area contributed by atoms with Crippen molar-refractivity contribution in [2.24, 2.45) is 11.7 Å². The lowest BCUT2D eigenvalue weighted by atomic mass is 9.81. The first kappa shape index (κ1) is 14.8. The number of carbonyl (C=O) groups is 2. The van der Waals surface area contributed by atoms with Crippen LogP contribution in [0.5, 0.6) is 0 Å². The Morgan fingerprint density at radius 3 is 2.19 bits per heavy atom. The Balaban J connectivity index is 1.48. The smallest absolute Gasteiger partial charge is 0.242 e. The predicted molar refractivity (Wildman–Crippen MR) is 80.5 cm³/mol. The van der Waals surface area contributed by atoms with Crippen molar-refractivity contribution in [3.05, 3.63) is 0 Å². The van der Waals surface area contributed by atoms with Gasteiger partial charge in [-0.3, -0.25) is 9.59 Å². The van der Waals surface area contributed by atoms with Crippen molar-refractivity contribution in [2.45, 2.75) is 69.4 Å². The second-order valence-corrected chi connectivity index (χ2v) is 7.07. The first-order valence-corrected chi connectivity index (χ1v) is 8.47. The molecule has 3 N–H and O–H groups in total. The van der Waals surface area contributed by atoms with Gasteiger partial charge in [-0.15, -0.1) is 0 Å². The van der Waals surface area contributed by atoms with Gasteiger partial charge in [0.25, 0.3) is 0 Å². The van der Waals surface area contributed by atoms with Crippen LogP contribution in [0, 0.1) is 5.92 Å². The Labute approximate surface area is 126 Å². The van der Waals surface area contributed by atoms with Gasteiger partial charge in [0, 0.05) is 25.0 Å². The van der Waals surface area contributed by atoms with E-state index < -0.39 is 5.54 Å². The molecule has 0 aromatic rings. The molecule has 0 radical (unpaired) electrons. The van der Waals surface area contributed by atoms with Gasteiger partial charge >= 0.3 is 0 Å². The number of carbonyl (C=O) groups excluding carboxylic acids is 2. The monoisotopic (exact) mass is 293 g/mol. The number of nitrogens with two attached hydrogens (primary N) is 1. The average molecular weight is 293 g/mol. The maximum atomic E-state index is 12.6. The maximum absolute atomic E-state index is 12.6. The van der Waals surface area contributed by atoms with Crippen LogP contribution in [-0.4, -0.2) is 41.4 Å². The van der Waals surface area contributed by atoms with E-state index in [1.54, 1.807) is 0 Å². The first-order valence-electron chi connectivity index (χ1n) is 8.47. The molecule has 118 valence electrons. The van der Waals surface area contributed by atoms with Crippen molar-refractivity contribution in [2.75, 3.05) is 13.1 Å². The fourth-order valence-corrected chi connectivity index (χ4v) is 3.60. The molecule has 0 unspecified atom stereocenters. The summed E-state index contributed by atoms with van der Waals surface area (Å²) in [5.41, 5.74) is 5.71. The van der Waals surface area contributed by atoms with E-state index in [4.69, 9.17) is 5.73 Å². The highest BCUT2D eigenvalue weighted by atomic mass is 16.2. The van der Waals surface area contributed by atoms with Crippen LogP contribution in [0.15, 0.2) is 0 Å². The van der Waals surface area contributed by atoms with E-state index in [0.717, 1.165) is 64.5 Å². The zero-order valence-corrected chi connectivity index (χ0v) is 12.8. The molecule has 1 heterocycles. The SMILES string of the molecule is NC1(C(=O)N2CCC(NC(=O)C3CC3)CC2)CCCCC1. The summed E-state index contributed by atoms with van der Waals surface area (Å²) in [6.45, 7) is 1.46. The van der Waals surface area contributed by atoms with Crippen LogP contribution in [0.1, 0.15) is 57.8 Å². The van der Waals surface area contributed by atoms with Gasteiger partial charge in [0.15, 0.2) is 0 Å². The summed E-state index contributed by atoms with van der Waals surface area (Å²) in [5.74, 6) is 0.607. The van der Waals surface area contributed by atoms with Gasteiger partial charge in [-0.1, -0.05) is 19.3 Å². The molecule has 2 amide bonds. The molecule has 2 saturated carbocycles. The lowest BCUT2D eigenvalue weighted by Crippen LogP contribution is -2.58. The van der Waals surface area contributed by atoms with Gasteiger partial charge < -0.3 is 16.0 Å². The van der Waals surface area contributed by atoms with E-state index >= 15 is 0 Å². The van der Waals surface area contributed by atoms with E-state index in [1.807, 2.05) is 4.90 Å². The number of rotatable bonds is 3. The van der Waals surface area contributed by atoms with Gasteiger partial charge in [-0.05, 0) is 38.5 Å². The Hall–Kier alpha value is -1.10. The van der Waals surface area contributed by atoms with Crippen LogP contribution < -0.4 is 11.1 Å². The van der Waals surface area contributed by atoms with Crippen LogP contribution >= 0.6 is 0 Å². The number of hydrogen-bond donors (Lipinski definition) is 2. The molecular weight excluding hydrogens is 266 g/mol. The minimum atomic E-state index is -0.623. The van der Waals surface area contributed by atoms with Gasteiger partial charge in [-0.2, -0.15) is 0 Å². The molecule has 0 spiro atoms. The molecule has 3 aliphatic rings.